The van der Waals surface area contributed by atoms with Crippen LogP contribution in [0, 0.1) is 11.8 Å². The molecule has 1 aliphatic heterocycles. The number of nitrogens with zero attached hydrogens (tertiary/aromatic N) is 3. The first-order chi connectivity index (χ1) is 14.8. The number of anilines is 1. The van der Waals surface area contributed by atoms with Crippen LogP contribution in [0.2, 0.25) is 0 Å². The van der Waals surface area contributed by atoms with Gasteiger partial charge in [0, 0.05) is 19.1 Å². The van der Waals surface area contributed by atoms with Crippen LogP contribution in [-0.4, -0.2) is 60.7 Å². The van der Waals surface area contributed by atoms with E-state index in [-0.39, 0.29) is 12.1 Å². The van der Waals surface area contributed by atoms with Gasteiger partial charge in [0.05, 0.1) is 6.20 Å². The first-order valence-electron chi connectivity index (χ1n) is 11.2. The molecule has 1 aromatic heterocycles. The first-order valence-corrected chi connectivity index (χ1v) is 13.1. The summed E-state index contributed by atoms with van der Waals surface area (Å²) in [6.07, 6.45) is 7.93. The van der Waals surface area contributed by atoms with Crippen LogP contribution in [0.4, 0.5) is 9.93 Å². The molecule has 2 aliphatic rings. The molecule has 31 heavy (non-hydrogen) atoms. The number of aliphatic carboxylic acids is 1. The molecule has 0 aromatic carbocycles. The number of carboxylic acids is 1. The van der Waals surface area contributed by atoms with Crippen molar-refractivity contribution < 1.29 is 18.9 Å². The van der Waals surface area contributed by atoms with Crippen LogP contribution in [0.25, 0.3) is 0 Å². The van der Waals surface area contributed by atoms with Crippen molar-refractivity contribution in [1.82, 2.24) is 14.2 Å². The predicted molar refractivity (Wildman–Crippen MR) is 122 cm³/mol. The number of hydrogen-bond acceptors (Lipinski definition) is 5. The van der Waals surface area contributed by atoms with Crippen LogP contribution in [-0.2, 0) is 15.8 Å². The zero-order chi connectivity index (χ0) is 22.5. The zero-order valence-electron chi connectivity index (χ0n) is 18.6. The van der Waals surface area contributed by atoms with E-state index in [1.54, 1.807) is 0 Å². The second-order valence-electron chi connectivity index (χ2n) is 9.09. The van der Waals surface area contributed by atoms with Gasteiger partial charge >= 0.3 is 12.0 Å². The number of carbonyl (C=O) groups is 2. The smallest absolute Gasteiger partial charge is 0.323 e. The summed E-state index contributed by atoms with van der Waals surface area (Å²) in [5.41, 5.74) is 0. The van der Waals surface area contributed by atoms with Crippen LogP contribution in [0.5, 0.6) is 0 Å². The molecule has 1 aromatic rings. The third kappa shape index (κ3) is 6.26. The van der Waals surface area contributed by atoms with E-state index in [1.807, 2.05) is 4.90 Å². The fourth-order valence-corrected chi connectivity index (χ4v) is 6.71. The number of nitrogens with one attached hydrogen (secondary N) is 1. The summed E-state index contributed by atoms with van der Waals surface area (Å²) in [6, 6.07) is -0.651. The lowest BCUT2D eigenvalue weighted by molar-refractivity contribution is -0.140. The maximum atomic E-state index is 13.1. The Bertz CT molecular complexity index is 792. The summed E-state index contributed by atoms with van der Waals surface area (Å²) in [6.45, 7) is 7.77. The van der Waals surface area contributed by atoms with Crippen LogP contribution < -0.4 is 5.32 Å². The van der Waals surface area contributed by atoms with E-state index in [0.717, 1.165) is 43.4 Å². The fraction of sp³-hybridized carbons (Fsp3) is 0.762. The molecular formula is C21H34N4O4S2. The summed E-state index contributed by atoms with van der Waals surface area (Å²) < 4.78 is 14.8. The van der Waals surface area contributed by atoms with E-state index >= 15 is 0 Å². The molecule has 1 aliphatic carbocycles. The number of aromatic nitrogens is 1. The Balaban J connectivity index is 1.66. The Morgan fingerprint density at radius 2 is 2.03 bits per heavy atom. The minimum Gasteiger partial charge on any atom is -0.480 e. The third-order valence-corrected chi connectivity index (χ3v) is 8.90. The Hall–Kier alpha value is -1.52. The normalized spacial score (nSPS) is 25.5. The Kier molecular flexibility index (Phi) is 8.46. The van der Waals surface area contributed by atoms with Gasteiger partial charge in [0.1, 0.15) is 21.2 Å². The largest absolute Gasteiger partial charge is 0.480 e. The van der Waals surface area contributed by atoms with Crippen molar-refractivity contribution >= 4 is 39.5 Å². The van der Waals surface area contributed by atoms with Crippen molar-refractivity contribution in [3.8, 4) is 0 Å². The number of thiazole rings is 1. The van der Waals surface area contributed by atoms with E-state index in [9.17, 15) is 18.9 Å². The molecule has 2 atom stereocenters. The highest BCUT2D eigenvalue weighted by molar-refractivity contribution is 7.85. The number of amides is 2. The molecule has 1 saturated heterocycles. The van der Waals surface area contributed by atoms with Gasteiger partial charge in [0.15, 0.2) is 5.13 Å². The van der Waals surface area contributed by atoms with Crippen molar-refractivity contribution in [2.75, 3.05) is 18.4 Å². The fourth-order valence-electron chi connectivity index (χ4n) is 4.26. The summed E-state index contributed by atoms with van der Waals surface area (Å²) in [7, 11) is -1.59. The Morgan fingerprint density at radius 3 is 2.68 bits per heavy atom. The number of carboxylic acid groups (broad SMARTS) is 1. The Morgan fingerprint density at radius 1 is 1.32 bits per heavy atom. The van der Waals surface area contributed by atoms with E-state index in [1.165, 1.54) is 10.5 Å². The molecule has 2 N–H and O–H groups in total. The van der Waals surface area contributed by atoms with Gasteiger partial charge < -0.3 is 10.0 Å². The summed E-state index contributed by atoms with van der Waals surface area (Å²) >= 11 is 1.15. The van der Waals surface area contributed by atoms with Gasteiger partial charge in [-0.25, -0.2) is 18.3 Å². The van der Waals surface area contributed by atoms with Gasteiger partial charge in [0.25, 0.3) is 0 Å². The van der Waals surface area contributed by atoms with Crippen LogP contribution in [0.15, 0.2) is 10.4 Å². The van der Waals surface area contributed by atoms with Gasteiger partial charge in [-0.3, -0.25) is 10.1 Å². The number of carbonyl (C=O) groups excluding carboxylic acids is 1. The van der Waals surface area contributed by atoms with Crippen molar-refractivity contribution in [2.24, 2.45) is 11.8 Å². The first kappa shape index (κ1) is 24.1. The van der Waals surface area contributed by atoms with Gasteiger partial charge in [-0.05, 0) is 56.8 Å². The van der Waals surface area contributed by atoms with Crippen LogP contribution >= 0.6 is 11.3 Å². The molecule has 1 unspecified atom stereocenters. The highest BCUT2D eigenvalue weighted by atomic mass is 32.2. The van der Waals surface area contributed by atoms with E-state index < -0.39 is 23.0 Å². The second kappa shape index (κ2) is 10.9. The minimum absolute atomic E-state index is 0.156. The molecule has 0 radical (unpaired) electrons. The quantitative estimate of drug-likeness (QED) is 0.593. The summed E-state index contributed by atoms with van der Waals surface area (Å²) in [5, 5.41) is 12.6. The highest BCUT2D eigenvalue weighted by Gasteiger charge is 2.36. The number of urea groups is 1. The predicted octanol–water partition coefficient (Wildman–Crippen LogP) is 4.17. The molecule has 2 amide bonds. The van der Waals surface area contributed by atoms with Crippen molar-refractivity contribution in [2.45, 2.75) is 82.0 Å². The van der Waals surface area contributed by atoms with Gasteiger partial charge in [-0.1, -0.05) is 32.1 Å². The monoisotopic (exact) mass is 470 g/mol. The highest BCUT2D eigenvalue weighted by Crippen LogP contribution is 2.30. The van der Waals surface area contributed by atoms with Gasteiger partial charge in [-0.2, -0.15) is 0 Å². The average Bonchev–Trinajstić information content (AvgIpc) is 3.38. The lowest BCUT2D eigenvalue weighted by Gasteiger charge is -2.36. The lowest BCUT2D eigenvalue weighted by atomic mass is 9.86. The second-order valence-corrected chi connectivity index (χ2v) is 11.8. The standard InChI is InChI=1S/C21H34N4O4S2/c1-14(2)10-12-24(16-8-6-15(3)7-9-16)21(28)23-20-22-13-18(30-20)31(29)25-11-4-5-17(25)19(26)27/h13-17H,4-12H2,1-3H3,(H,26,27)(H,22,23,28)/t15?,16?,17-,31?/m0/s1. The SMILES string of the molecule is CC(C)CCN(C(=O)Nc1ncc(S(=O)N2CCC[C@H]2C(=O)O)s1)C1CCC(C)CC1. The van der Waals surface area contributed by atoms with E-state index in [0.29, 0.717) is 47.1 Å². The number of rotatable bonds is 8. The molecule has 0 bridgehead atoms. The molecule has 174 valence electrons. The molecule has 0 spiro atoms. The van der Waals surface area contributed by atoms with Gasteiger partial charge in [0.2, 0.25) is 0 Å². The lowest BCUT2D eigenvalue weighted by Crippen LogP contribution is -2.45. The molecule has 3 rings (SSSR count). The number of hydrogen-bond donors (Lipinski definition) is 2. The molecule has 2 fully saturated rings. The van der Waals surface area contributed by atoms with E-state index in [2.05, 4.69) is 31.1 Å². The third-order valence-electron chi connectivity index (χ3n) is 6.21. The summed E-state index contributed by atoms with van der Waals surface area (Å²) in [4.78, 5) is 30.7. The van der Waals surface area contributed by atoms with Crippen molar-refractivity contribution in [3.05, 3.63) is 6.20 Å². The molecule has 1 saturated carbocycles. The molecule has 2 heterocycles. The summed E-state index contributed by atoms with van der Waals surface area (Å²) in [5.74, 6) is 0.267. The van der Waals surface area contributed by atoms with Crippen molar-refractivity contribution in [1.29, 1.82) is 0 Å². The zero-order valence-corrected chi connectivity index (χ0v) is 20.2. The van der Waals surface area contributed by atoms with E-state index in [4.69, 9.17) is 0 Å². The van der Waals surface area contributed by atoms with Gasteiger partial charge in [-0.15, -0.1) is 0 Å². The minimum atomic E-state index is -1.59. The maximum Gasteiger partial charge on any atom is 0.323 e. The topological polar surface area (TPSA) is 103 Å². The molecule has 10 heteroatoms. The molecule has 8 nitrogen and oxygen atoms in total. The van der Waals surface area contributed by atoms with Crippen LogP contribution in [0.3, 0.4) is 0 Å². The van der Waals surface area contributed by atoms with Crippen molar-refractivity contribution in [3.63, 3.8) is 0 Å². The van der Waals surface area contributed by atoms with Crippen LogP contribution in [0.1, 0.15) is 65.7 Å². The molecular weight excluding hydrogens is 436 g/mol. The average molecular weight is 471 g/mol. The maximum absolute atomic E-state index is 13.1. The Labute approximate surface area is 191 Å².